The number of esters is 1. The van der Waals surface area contributed by atoms with E-state index in [1.807, 2.05) is 32.9 Å². The van der Waals surface area contributed by atoms with Crippen LogP contribution in [0.15, 0.2) is 30.3 Å². The number of likely N-dealkylation sites (N-methyl/N-ethyl adjacent to an activating group) is 1. The van der Waals surface area contributed by atoms with Crippen molar-refractivity contribution < 1.29 is 56.9 Å². The monoisotopic (exact) mass is 613 g/mol. The zero-order chi connectivity index (χ0) is 25.8. The van der Waals surface area contributed by atoms with E-state index in [0.29, 0.717) is 30.2 Å². The first-order valence-electron chi connectivity index (χ1n) is 12.1. The Morgan fingerprint density at radius 1 is 0.917 bits per heavy atom. The molecule has 0 aromatic heterocycles. The van der Waals surface area contributed by atoms with Gasteiger partial charge in [-0.1, -0.05) is 6.07 Å². The molecule has 7 nitrogen and oxygen atoms in total. The van der Waals surface area contributed by atoms with Gasteiger partial charge in [0.2, 0.25) is 0 Å². The molecule has 0 fully saturated rings. The van der Waals surface area contributed by atoms with Gasteiger partial charge in [-0.25, -0.2) is 0 Å². The molecule has 8 heteroatoms. The summed E-state index contributed by atoms with van der Waals surface area (Å²) in [4.78, 5) is 12.6. The highest BCUT2D eigenvalue weighted by molar-refractivity contribution is 5.69. The number of halogens is 1. The summed E-state index contributed by atoms with van der Waals surface area (Å²) in [6.45, 7) is 7.29. The first-order chi connectivity index (χ1) is 16.5. The normalized spacial score (nSPS) is 18.9. The number of quaternary nitrogens is 1. The van der Waals surface area contributed by atoms with Crippen LogP contribution in [-0.4, -0.2) is 64.6 Å². The number of nitrogens with zero attached hydrogens (tertiary/aromatic N) is 1. The maximum Gasteiger partial charge on any atom is 0.312 e. The molecule has 0 saturated heterocycles. The third-order valence-electron chi connectivity index (χ3n) is 6.77. The van der Waals surface area contributed by atoms with Gasteiger partial charge < -0.3 is 52.1 Å². The summed E-state index contributed by atoms with van der Waals surface area (Å²) in [7, 11) is 8.84. The number of fused-ring (bicyclic) bond motifs is 1. The molecule has 36 heavy (non-hydrogen) atoms. The van der Waals surface area contributed by atoms with Crippen LogP contribution in [0.4, 0.5) is 0 Å². The second-order valence-corrected chi connectivity index (χ2v) is 10.3. The van der Waals surface area contributed by atoms with Crippen LogP contribution >= 0.6 is 0 Å². The van der Waals surface area contributed by atoms with Crippen molar-refractivity contribution in [3.63, 3.8) is 0 Å². The standard InChI is InChI=1S/C28H40NO6.HI/c1-28(2,3)35-27(30)12-14-29(4)13-11-20-17-25(33-7)26(34-8)18-21(20)22(29)15-19-9-10-23(31-5)24(16-19)32-6;/h9-10,16-18,22H,11-15H2,1-8H3;1H/q+1;/p-1/t22-,29-;/m1./s1. The van der Waals surface area contributed by atoms with Crippen molar-refractivity contribution in [2.24, 2.45) is 0 Å². The Morgan fingerprint density at radius 2 is 1.50 bits per heavy atom. The van der Waals surface area contributed by atoms with Gasteiger partial charge in [-0.15, -0.1) is 0 Å². The van der Waals surface area contributed by atoms with Gasteiger partial charge in [0.15, 0.2) is 23.0 Å². The van der Waals surface area contributed by atoms with Crippen LogP contribution < -0.4 is 42.9 Å². The molecule has 2 aromatic rings. The van der Waals surface area contributed by atoms with Gasteiger partial charge in [0.25, 0.3) is 0 Å². The Morgan fingerprint density at radius 3 is 2.08 bits per heavy atom. The van der Waals surface area contributed by atoms with E-state index in [2.05, 4.69) is 25.2 Å². The van der Waals surface area contributed by atoms with Gasteiger partial charge in [0.1, 0.15) is 11.6 Å². The largest absolute Gasteiger partial charge is 1.00 e. The number of hydrogen-bond acceptors (Lipinski definition) is 6. The lowest BCUT2D eigenvalue weighted by Crippen LogP contribution is -3.00. The highest BCUT2D eigenvalue weighted by atomic mass is 127. The predicted octanol–water partition coefficient (Wildman–Crippen LogP) is 1.74. The Kier molecular flexibility index (Phi) is 10.3. The minimum Gasteiger partial charge on any atom is -1.00 e. The second kappa shape index (κ2) is 12.4. The van der Waals surface area contributed by atoms with E-state index < -0.39 is 5.60 Å². The van der Waals surface area contributed by atoms with Gasteiger partial charge in [-0.3, -0.25) is 4.79 Å². The molecule has 0 spiro atoms. The van der Waals surface area contributed by atoms with Crippen molar-refractivity contribution in [1.82, 2.24) is 0 Å². The minimum absolute atomic E-state index is 0. The first-order valence-corrected chi connectivity index (χ1v) is 12.1. The number of benzene rings is 2. The van der Waals surface area contributed by atoms with Crippen LogP contribution in [0.3, 0.4) is 0 Å². The highest BCUT2D eigenvalue weighted by Gasteiger charge is 2.40. The van der Waals surface area contributed by atoms with Crippen LogP contribution in [0.1, 0.15) is 49.9 Å². The zero-order valence-corrected chi connectivity index (χ0v) is 24.9. The fourth-order valence-electron chi connectivity index (χ4n) is 4.90. The number of carbonyl (C=O) groups excluding carboxylic acids is 1. The maximum absolute atomic E-state index is 12.6. The average molecular weight is 614 g/mol. The van der Waals surface area contributed by atoms with Crippen LogP contribution in [-0.2, 0) is 22.4 Å². The molecular formula is C28H40INO6. The van der Waals surface area contributed by atoms with E-state index in [1.165, 1.54) is 11.1 Å². The van der Waals surface area contributed by atoms with E-state index in [9.17, 15) is 4.79 Å². The van der Waals surface area contributed by atoms with Crippen molar-refractivity contribution in [1.29, 1.82) is 0 Å². The molecule has 0 unspecified atom stereocenters. The van der Waals surface area contributed by atoms with Crippen molar-refractivity contribution >= 4 is 5.97 Å². The van der Waals surface area contributed by atoms with Crippen LogP contribution in [0.2, 0.25) is 0 Å². The first kappa shape index (κ1) is 30.0. The lowest BCUT2D eigenvalue weighted by molar-refractivity contribution is -0.940. The van der Waals surface area contributed by atoms with Gasteiger partial charge in [0.05, 0.1) is 55.0 Å². The predicted molar refractivity (Wildman–Crippen MR) is 136 cm³/mol. The quantitative estimate of drug-likeness (QED) is 0.244. The summed E-state index contributed by atoms with van der Waals surface area (Å²) in [6, 6.07) is 10.4. The maximum atomic E-state index is 12.6. The topological polar surface area (TPSA) is 63.2 Å². The Bertz CT molecular complexity index is 1050. The second-order valence-electron chi connectivity index (χ2n) is 10.3. The number of hydrogen-bond donors (Lipinski definition) is 0. The number of ether oxygens (including phenoxy) is 5. The number of rotatable bonds is 9. The van der Waals surface area contributed by atoms with Gasteiger partial charge in [-0.05, 0) is 56.2 Å². The Hall–Kier alpha value is -2.20. The van der Waals surface area contributed by atoms with E-state index in [-0.39, 0.29) is 36.0 Å². The van der Waals surface area contributed by atoms with E-state index in [0.717, 1.165) is 35.2 Å². The van der Waals surface area contributed by atoms with Crippen molar-refractivity contribution in [2.75, 3.05) is 48.6 Å². The molecule has 3 rings (SSSR count). The molecule has 1 heterocycles. The molecular weight excluding hydrogens is 573 g/mol. The summed E-state index contributed by atoms with van der Waals surface area (Å²) in [5, 5.41) is 0. The highest BCUT2D eigenvalue weighted by Crippen LogP contribution is 2.43. The smallest absolute Gasteiger partial charge is 0.312 e. The average Bonchev–Trinajstić information content (AvgIpc) is 2.82. The molecule has 0 saturated carbocycles. The van der Waals surface area contributed by atoms with Crippen LogP contribution in [0.5, 0.6) is 23.0 Å². The van der Waals surface area contributed by atoms with Crippen molar-refractivity contribution in [2.45, 2.75) is 51.7 Å². The van der Waals surface area contributed by atoms with Crippen molar-refractivity contribution in [3.8, 4) is 23.0 Å². The number of methoxy groups -OCH3 is 4. The number of carbonyl (C=O) groups is 1. The summed E-state index contributed by atoms with van der Waals surface area (Å²) in [5.41, 5.74) is 3.11. The lowest BCUT2D eigenvalue weighted by atomic mass is 9.86. The fourth-order valence-corrected chi connectivity index (χ4v) is 4.90. The Labute approximate surface area is 232 Å². The Balaban J connectivity index is 0.00000456. The third-order valence-corrected chi connectivity index (χ3v) is 6.77. The lowest BCUT2D eigenvalue weighted by Gasteiger charge is -2.46. The van der Waals surface area contributed by atoms with Gasteiger partial charge in [-0.2, -0.15) is 0 Å². The molecule has 0 bridgehead atoms. The van der Waals surface area contributed by atoms with Crippen LogP contribution in [0, 0.1) is 0 Å². The van der Waals surface area contributed by atoms with Crippen LogP contribution in [0.25, 0.3) is 0 Å². The molecule has 0 radical (unpaired) electrons. The molecule has 1 aliphatic heterocycles. The van der Waals surface area contributed by atoms with E-state index in [4.69, 9.17) is 23.7 Å². The van der Waals surface area contributed by atoms with Crippen molar-refractivity contribution in [3.05, 3.63) is 47.0 Å². The minimum atomic E-state index is -0.493. The molecule has 2 aromatic carbocycles. The van der Waals surface area contributed by atoms with Gasteiger partial charge >= 0.3 is 5.97 Å². The fraction of sp³-hybridized carbons (Fsp3) is 0.536. The zero-order valence-electron chi connectivity index (χ0n) is 22.8. The molecule has 0 aliphatic carbocycles. The molecule has 0 amide bonds. The molecule has 0 N–H and O–H groups in total. The molecule has 2 atom stereocenters. The molecule has 200 valence electrons. The van der Waals surface area contributed by atoms with E-state index in [1.54, 1.807) is 28.4 Å². The summed E-state index contributed by atoms with van der Waals surface area (Å²) >= 11 is 0. The summed E-state index contributed by atoms with van der Waals surface area (Å²) in [5.74, 6) is 2.69. The summed E-state index contributed by atoms with van der Waals surface area (Å²) < 4.78 is 28.5. The SMILES string of the molecule is COc1ccc(C[C@@H]2c3cc(OC)c(OC)cc3CC[N@+]2(C)CCC(=O)OC(C)(C)C)cc1OC.[I-]. The summed E-state index contributed by atoms with van der Waals surface area (Å²) in [6.07, 6.45) is 2.02. The third kappa shape index (κ3) is 6.97. The molecule has 1 aliphatic rings. The van der Waals surface area contributed by atoms with Gasteiger partial charge in [0, 0.05) is 18.4 Å². The van der Waals surface area contributed by atoms with E-state index >= 15 is 0 Å².